The van der Waals surface area contributed by atoms with Crippen LogP contribution >= 0.6 is 0 Å². The second-order valence-electron chi connectivity index (χ2n) is 7.72. The molecule has 0 spiro atoms. The molecule has 1 aromatic carbocycles. The first kappa shape index (κ1) is 23.5. The number of hydrogen-bond donors (Lipinski definition) is 1. The van der Waals surface area contributed by atoms with E-state index in [9.17, 15) is 14.4 Å². The standard InChI is InChI=1S/C23H30N4O5/c1-31-21(29)10-6-9-20(28)26-15-12-18(13-16-26)27-19(11-14-24-27)25-23(30)22(32-2)17-7-4-3-5-8-17/h3-5,7-8,11,14,18,22H,6,9-10,12-13,15-16H2,1-2H3,(H,25,30). The van der Waals surface area contributed by atoms with Crippen molar-refractivity contribution in [2.45, 2.75) is 44.2 Å². The third-order valence-corrected chi connectivity index (χ3v) is 5.66. The smallest absolute Gasteiger partial charge is 0.305 e. The topological polar surface area (TPSA) is 103 Å². The first-order valence-corrected chi connectivity index (χ1v) is 10.8. The minimum absolute atomic E-state index is 0.0483. The van der Waals surface area contributed by atoms with Gasteiger partial charge in [-0.3, -0.25) is 14.4 Å². The Morgan fingerprint density at radius 2 is 1.81 bits per heavy atom. The van der Waals surface area contributed by atoms with Crippen molar-refractivity contribution in [3.8, 4) is 0 Å². The van der Waals surface area contributed by atoms with E-state index in [4.69, 9.17) is 4.74 Å². The summed E-state index contributed by atoms with van der Waals surface area (Å²) < 4.78 is 11.8. The molecule has 32 heavy (non-hydrogen) atoms. The molecule has 0 radical (unpaired) electrons. The second-order valence-corrected chi connectivity index (χ2v) is 7.72. The molecule has 1 aliphatic rings. The molecule has 1 fully saturated rings. The largest absolute Gasteiger partial charge is 0.469 e. The molecule has 9 heteroatoms. The quantitative estimate of drug-likeness (QED) is 0.599. The van der Waals surface area contributed by atoms with Gasteiger partial charge in [-0.15, -0.1) is 0 Å². The van der Waals surface area contributed by atoms with Gasteiger partial charge in [0.2, 0.25) is 5.91 Å². The molecule has 172 valence electrons. The number of rotatable bonds is 9. The van der Waals surface area contributed by atoms with Gasteiger partial charge in [0.05, 0.1) is 19.3 Å². The number of hydrogen-bond acceptors (Lipinski definition) is 6. The predicted octanol–water partition coefficient (Wildman–Crippen LogP) is 2.72. The highest BCUT2D eigenvalue weighted by Gasteiger charge is 2.27. The van der Waals surface area contributed by atoms with Crippen LogP contribution in [0.4, 0.5) is 5.82 Å². The van der Waals surface area contributed by atoms with E-state index in [1.807, 2.05) is 39.9 Å². The molecular formula is C23H30N4O5. The van der Waals surface area contributed by atoms with Crippen molar-refractivity contribution in [2.75, 3.05) is 32.6 Å². The zero-order valence-corrected chi connectivity index (χ0v) is 18.5. The Kier molecular flexibility index (Phi) is 8.38. The van der Waals surface area contributed by atoms with Crippen LogP contribution in [0.3, 0.4) is 0 Å². The number of benzene rings is 1. The van der Waals surface area contributed by atoms with Gasteiger partial charge in [-0.1, -0.05) is 30.3 Å². The summed E-state index contributed by atoms with van der Waals surface area (Å²) in [5.74, 6) is 0.0920. The lowest BCUT2D eigenvalue weighted by Crippen LogP contribution is -2.39. The molecule has 1 aromatic heterocycles. The molecule has 3 rings (SSSR count). The molecule has 1 atom stereocenters. The third-order valence-electron chi connectivity index (χ3n) is 5.66. The number of nitrogens with zero attached hydrogens (tertiary/aromatic N) is 3. The summed E-state index contributed by atoms with van der Waals surface area (Å²) in [5, 5.41) is 7.33. The van der Waals surface area contributed by atoms with Gasteiger partial charge in [0.15, 0.2) is 6.10 Å². The minimum Gasteiger partial charge on any atom is -0.469 e. The molecule has 1 saturated heterocycles. The van der Waals surface area contributed by atoms with Crippen molar-refractivity contribution >= 4 is 23.6 Å². The van der Waals surface area contributed by atoms with Crippen LogP contribution in [0.25, 0.3) is 0 Å². The van der Waals surface area contributed by atoms with Gasteiger partial charge in [-0.2, -0.15) is 5.10 Å². The molecule has 0 saturated carbocycles. The summed E-state index contributed by atoms with van der Waals surface area (Å²) in [6.07, 6.45) is 3.48. The Bertz CT molecular complexity index is 906. The number of nitrogens with one attached hydrogen (secondary N) is 1. The van der Waals surface area contributed by atoms with Crippen LogP contribution in [0.15, 0.2) is 42.6 Å². The van der Waals surface area contributed by atoms with Crippen molar-refractivity contribution in [3.05, 3.63) is 48.2 Å². The molecule has 2 aromatic rings. The number of amides is 2. The molecule has 1 unspecified atom stereocenters. The fraction of sp³-hybridized carbons (Fsp3) is 0.478. The van der Waals surface area contributed by atoms with Crippen LogP contribution in [0.5, 0.6) is 0 Å². The summed E-state index contributed by atoms with van der Waals surface area (Å²) in [6.45, 7) is 1.22. The lowest BCUT2D eigenvalue weighted by atomic mass is 10.0. The van der Waals surface area contributed by atoms with E-state index < -0.39 is 6.10 Å². The maximum atomic E-state index is 12.8. The van der Waals surface area contributed by atoms with Crippen molar-refractivity contribution in [1.82, 2.24) is 14.7 Å². The number of ether oxygens (including phenoxy) is 2. The van der Waals surface area contributed by atoms with Crippen molar-refractivity contribution in [2.24, 2.45) is 0 Å². The van der Waals surface area contributed by atoms with Crippen LogP contribution in [0, 0.1) is 0 Å². The summed E-state index contributed by atoms with van der Waals surface area (Å²) in [4.78, 5) is 38.2. The van der Waals surface area contributed by atoms with E-state index in [0.717, 1.165) is 18.4 Å². The Balaban J connectivity index is 1.54. The first-order valence-electron chi connectivity index (χ1n) is 10.8. The molecule has 1 aliphatic heterocycles. The van der Waals surface area contributed by atoms with Gasteiger partial charge in [0.1, 0.15) is 5.82 Å². The van der Waals surface area contributed by atoms with Crippen LogP contribution in [-0.2, 0) is 23.9 Å². The van der Waals surface area contributed by atoms with E-state index in [2.05, 4.69) is 15.2 Å². The number of piperidine rings is 1. The number of likely N-dealkylation sites (tertiary alicyclic amines) is 1. The predicted molar refractivity (Wildman–Crippen MR) is 118 cm³/mol. The number of anilines is 1. The van der Waals surface area contributed by atoms with E-state index >= 15 is 0 Å². The molecule has 0 aliphatic carbocycles. The Labute approximate surface area is 187 Å². The molecule has 9 nitrogen and oxygen atoms in total. The van der Waals surface area contributed by atoms with Gasteiger partial charge in [0, 0.05) is 39.1 Å². The molecule has 1 N–H and O–H groups in total. The number of esters is 1. The number of carbonyl (C=O) groups excluding carboxylic acids is 3. The van der Waals surface area contributed by atoms with Crippen LogP contribution < -0.4 is 5.32 Å². The van der Waals surface area contributed by atoms with Gasteiger partial charge in [-0.25, -0.2) is 4.68 Å². The summed E-state index contributed by atoms with van der Waals surface area (Å²) >= 11 is 0. The van der Waals surface area contributed by atoms with Crippen LogP contribution in [0.1, 0.15) is 49.8 Å². The normalized spacial score (nSPS) is 15.2. The summed E-state index contributed by atoms with van der Waals surface area (Å²) in [6, 6.07) is 11.2. The zero-order valence-electron chi connectivity index (χ0n) is 18.5. The van der Waals surface area contributed by atoms with Crippen molar-refractivity contribution < 1.29 is 23.9 Å². The third kappa shape index (κ3) is 5.94. The maximum Gasteiger partial charge on any atom is 0.305 e. The van der Waals surface area contributed by atoms with E-state index in [1.54, 1.807) is 12.3 Å². The van der Waals surface area contributed by atoms with Gasteiger partial charge < -0.3 is 19.7 Å². The monoisotopic (exact) mass is 442 g/mol. The molecule has 2 amide bonds. The van der Waals surface area contributed by atoms with Gasteiger partial charge in [-0.05, 0) is 24.8 Å². The van der Waals surface area contributed by atoms with E-state index in [0.29, 0.717) is 31.7 Å². The van der Waals surface area contributed by atoms with Crippen LogP contribution in [0.2, 0.25) is 0 Å². The number of carbonyl (C=O) groups is 3. The van der Waals surface area contributed by atoms with Gasteiger partial charge in [0.25, 0.3) is 5.91 Å². The second kappa shape index (κ2) is 11.4. The lowest BCUT2D eigenvalue weighted by Gasteiger charge is -2.33. The van der Waals surface area contributed by atoms with Gasteiger partial charge >= 0.3 is 5.97 Å². The highest BCUT2D eigenvalue weighted by Crippen LogP contribution is 2.27. The van der Waals surface area contributed by atoms with Crippen LogP contribution in [-0.4, -0.2) is 59.8 Å². The van der Waals surface area contributed by atoms with E-state index in [1.165, 1.54) is 14.2 Å². The Morgan fingerprint density at radius 1 is 1.09 bits per heavy atom. The SMILES string of the molecule is COC(=O)CCCC(=O)N1CCC(n2nccc2NC(=O)C(OC)c2ccccc2)CC1. The average molecular weight is 443 g/mol. The zero-order chi connectivity index (χ0) is 22.9. The highest BCUT2D eigenvalue weighted by molar-refractivity contribution is 5.94. The Morgan fingerprint density at radius 3 is 2.47 bits per heavy atom. The first-order chi connectivity index (χ1) is 15.5. The number of methoxy groups -OCH3 is 2. The lowest BCUT2D eigenvalue weighted by molar-refractivity contribution is -0.141. The summed E-state index contributed by atoms with van der Waals surface area (Å²) in [5.41, 5.74) is 0.776. The molecule has 2 heterocycles. The summed E-state index contributed by atoms with van der Waals surface area (Å²) in [7, 11) is 2.85. The maximum absolute atomic E-state index is 12.8. The molecular weight excluding hydrogens is 412 g/mol. The van der Waals surface area contributed by atoms with Crippen molar-refractivity contribution in [1.29, 1.82) is 0 Å². The highest BCUT2D eigenvalue weighted by atomic mass is 16.5. The fourth-order valence-electron chi connectivity index (χ4n) is 3.92. The number of aromatic nitrogens is 2. The van der Waals surface area contributed by atoms with Crippen molar-refractivity contribution in [3.63, 3.8) is 0 Å². The fourth-order valence-corrected chi connectivity index (χ4v) is 3.92. The van der Waals surface area contributed by atoms with E-state index in [-0.39, 0.29) is 30.2 Å². The minimum atomic E-state index is -0.719. The molecule has 0 bridgehead atoms. The average Bonchev–Trinajstić information content (AvgIpc) is 3.28. The Hall–Kier alpha value is -3.20.